The molecule has 0 aliphatic heterocycles. The van der Waals surface area contributed by atoms with Gasteiger partial charge in [-0.05, 0) is 108 Å². The van der Waals surface area contributed by atoms with Gasteiger partial charge in [-0.3, -0.25) is 0 Å². The standard InChI is InChI=1S/C16H20OSi.C10H16OSi.C6H14OSi.C5H13ClOSi.C3H9ClOSi/c1-4-17-18(15-11-7-5-9-13(15)2)16-12-8-6-10-14(16)3;1-4-11-12(2,3)10-8-6-5-7-9-10;1-5-7-8(3,4)6-2;1-4-7-8(2,3)5-6;1-6(2,4)3-5/h5-12,18H,4H2,1-3H3;5-9H,4H2,1-3H3;6H,2,5H2,1,3-4H3;4-5H2,1-3H3;5H,3H2,1-2H3. The lowest BCUT2D eigenvalue weighted by Gasteiger charge is -2.21. The Morgan fingerprint density at radius 1 is 0.654 bits per heavy atom. The number of alkyl halides is 1. The van der Waals surface area contributed by atoms with E-state index in [1.807, 2.05) is 38.7 Å². The molecule has 0 amide bonds. The first kappa shape index (κ1) is 53.0. The third-order valence-electron chi connectivity index (χ3n) is 7.49. The van der Waals surface area contributed by atoms with Gasteiger partial charge in [-0.1, -0.05) is 97.7 Å². The van der Waals surface area contributed by atoms with Crippen molar-refractivity contribution in [3.05, 3.63) is 102 Å². The maximum absolute atomic E-state index is 8.33. The fraction of sp³-hybridized carbons (Fsp3) is 0.500. The summed E-state index contributed by atoms with van der Waals surface area (Å²) in [6, 6.07) is 27.7. The number of hydrogen-bond acceptors (Lipinski definition) is 5. The summed E-state index contributed by atoms with van der Waals surface area (Å²) < 4.78 is 22.7. The van der Waals surface area contributed by atoms with Gasteiger partial charge in [0.25, 0.3) is 0 Å². The van der Waals surface area contributed by atoms with Crippen LogP contribution in [0.25, 0.3) is 0 Å². The van der Waals surface area contributed by atoms with Crippen LogP contribution in [-0.2, 0) is 17.7 Å². The van der Waals surface area contributed by atoms with Crippen molar-refractivity contribution < 1.29 is 22.8 Å². The molecule has 0 unspecified atom stereocenters. The third kappa shape index (κ3) is 25.0. The number of rotatable bonds is 14. The number of benzene rings is 3. The lowest BCUT2D eigenvalue weighted by Crippen LogP contribution is -2.47. The SMILES string of the molecule is C=C[Si](C)(C)OCC.CCO[SiH](c1ccccc1C)c1ccccc1C.CCO[Si](C)(C)CCl.CCO[Si](C)(C)c1ccccc1.C[Si](C)(Cl)CO. The highest BCUT2D eigenvalue weighted by Gasteiger charge is 2.24. The quantitative estimate of drug-likeness (QED) is 0.0998. The minimum atomic E-state index is -1.60. The fourth-order valence-electron chi connectivity index (χ4n) is 4.42. The molecule has 5 nitrogen and oxygen atoms in total. The topological polar surface area (TPSA) is 57.2 Å². The molecule has 0 aliphatic rings. The molecule has 0 radical (unpaired) electrons. The van der Waals surface area contributed by atoms with Crippen LogP contribution in [0.5, 0.6) is 0 Å². The number of aliphatic hydroxyl groups excluding tert-OH is 1. The van der Waals surface area contributed by atoms with Crippen LogP contribution in [0.1, 0.15) is 38.8 Å². The van der Waals surface area contributed by atoms with E-state index in [1.54, 1.807) is 0 Å². The fourth-order valence-corrected chi connectivity index (χ4v) is 10.9. The molecular formula is C40H72Cl2O5Si5. The second-order valence-electron chi connectivity index (χ2n) is 14.3. The Morgan fingerprint density at radius 2 is 1.06 bits per heavy atom. The van der Waals surface area contributed by atoms with Crippen molar-refractivity contribution in [1.82, 2.24) is 0 Å². The van der Waals surface area contributed by atoms with E-state index >= 15 is 0 Å². The van der Waals surface area contributed by atoms with Crippen molar-refractivity contribution in [3.8, 4) is 0 Å². The van der Waals surface area contributed by atoms with Crippen molar-refractivity contribution >= 4 is 79.6 Å². The maximum atomic E-state index is 8.33. The Hall–Kier alpha value is -1.14. The summed E-state index contributed by atoms with van der Waals surface area (Å²) in [5, 5.41) is 12.5. The summed E-state index contributed by atoms with van der Waals surface area (Å²) in [7, 11) is -7.54. The molecule has 3 aromatic carbocycles. The molecule has 0 aromatic heterocycles. The predicted octanol–water partition coefficient (Wildman–Crippen LogP) is 9.23. The maximum Gasteiger partial charge on any atom is 0.240 e. The predicted molar refractivity (Wildman–Crippen MR) is 245 cm³/mol. The van der Waals surface area contributed by atoms with Crippen LogP contribution in [-0.4, -0.2) is 84.6 Å². The molecular weight excluding hydrogens is 772 g/mol. The van der Waals surface area contributed by atoms with E-state index in [-0.39, 0.29) is 6.23 Å². The van der Waals surface area contributed by atoms with Crippen molar-refractivity contribution in [3.63, 3.8) is 0 Å². The number of hydrogen-bond donors (Lipinski definition) is 1. The zero-order valence-corrected chi connectivity index (χ0v) is 41.6. The first-order valence-electron chi connectivity index (χ1n) is 18.4. The average Bonchev–Trinajstić information content (AvgIpc) is 3.09. The lowest BCUT2D eigenvalue weighted by atomic mass is 10.2. The third-order valence-corrected chi connectivity index (χ3v) is 20.1. The normalized spacial score (nSPS) is 11.4. The van der Waals surface area contributed by atoms with Gasteiger partial charge in [-0.25, -0.2) is 0 Å². The van der Waals surface area contributed by atoms with Gasteiger partial charge in [0, 0.05) is 31.9 Å². The van der Waals surface area contributed by atoms with Crippen LogP contribution < -0.4 is 15.6 Å². The van der Waals surface area contributed by atoms with Crippen LogP contribution in [0.15, 0.2) is 91.1 Å². The molecule has 3 rings (SSSR count). The summed E-state index contributed by atoms with van der Waals surface area (Å²) in [5.74, 6) is 0. The van der Waals surface area contributed by atoms with Gasteiger partial charge in [0.1, 0.15) is 0 Å². The molecule has 52 heavy (non-hydrogen) atoms. The van der Waals surface area contributed by atoms with Gasteiger partial charge in [0.2, 0.25) is 34.0 Å². The van der Waals surface area contributed by atoms with E-state index in [2.05, 4.69) is 146 Å². The number of aryl methyl sites for hydroxylation is 2. The number of halogens is 2. The van der Waals surface area contributed by atoms with Crippen LogP contribution in [0.3, 0.4) is 0 Å². The molecule has 12 heteroatoms. The minimum absolute atomic E-state index is 0.175. The van der Waals surface area contributed by atoms with Crippen LogP contribution in [0, 0.1) is 13.8 Å². The van der Waals surface area contributed by atoms with E-state index in [0.717, 1.165) is 26.4 Å². The van der Waals surface area contributed by atoms with Crippen LogP contribution >= 0.6 is 22.7 Å². The van der Waals surface area contributed by atoms with Crippen LogP contribution in [0.4, 0.5) is 0 Å². The summed E-state index contributed by atoms with van der Waals surface area (Å²) in [6.45, 7) is 36.1. The molecule has 0 saturated carbocycles. The van der Waals surface area contributed by atoms with E-state index in [1.165, 1.54) is 26.7 Å². The highest BCUT2D eigenvalue weighted by atomic mass is 35.6. The zero-order chi connectivity index (χ0) is 40.4. The van der Waals surface area contributed by atoms with Gasteiger partial charge in [0.05, 0.1) is 6.23 Å². The van der Waals surface area contributed by atoms with Crippen molar-refractivity contribution in [2.24, 2.45) is 0 Å². The Balaban J connectivity index is 0. The summed E-state index contributed by atoms with van der Waals surface area (Å²) in [4.78, 5) is 0. The molecule has 296 valence electrons. The Labute approximate surface area is 334 Å². The molecule has 0 aliphatic carbocycles. The van der Waals surface area contributed by atoms with Gasteiger partial charge in [0.15, 0.2) is 7.38 Å². The summed E-state index contributed by atoms with van der Waals surface area (Å²) in [6.07, 6.45) is 0.175. The van der Waals surface area contributed by atoms with Crippen molar-refractivity contribution in [1.29, 1.82) is 0 Å². The van der Waals surface area contributed by atoms with Gasteiger partial charge in [-0.15, -0.1) is 18.2 Å². The largest absolute Gasteiger partial charge is 0.416 e. The molecule has 0 fully saturated rings. The monoisotopic (exact) mass is 842 g/mol. The van der Waals surface area contributed by atoms with Crippen molar-refractivity contribution in [2.45, 2.75) is 93.9 Å². The smallest absolute Gasteiger partial charge is 0.240 e. The zero-order valence-electron chi connectivity index (χ0n) is 34.9. The molecule has 0 spiro atoms. The highest BCUT2D eigenvalue weighted by Crippen LogP contribution is 2.07. The minimum Gasteiger partial charge on any atom is -0.416 e. The molecule has 1 N–H and O–H groups in total. The van der Waals surface area contributed by atoms with Gasteiger partial charge >= 0.3 is 0 Å². The summed E-state index contributed by atoms with van der Waals surface area (Å²) >= 11 is 11.2. The molecule has 0 atom stereocenters. The van der Waals surface area contributed by atoms with E-state index in [0.29, 0.717) is 5.50 Å². The molecule has 3 aromatic rings. The molecule has 0 bridgehead atoms. The second-order valence-corrected chi connectivity index (χ2v) is 36.1. The van der Waals surface area contributed by atoms with Crippen LogP contribution in [0.2, 0.25) is 52.4 Å². The van der Waals surface area contributed by atoms with Crippen molar-refractivity contribution in [2.75, 3.05) is 38.2 Å². The van der Waals surface area contributed by atoms with Gasteiger partial charge in [-0.2, -0.15) is 11.1 Å². The first-order valence-corrected chi connectivity index (χ1v) is 33.8. The van der Waals surface area contributed by atoms with E-state index in [9.17, 15) is 0 Å². The second kappa shape index (κ2) is 28.3. The lowest BCUT2D eigenvalue weighted by molar-refractivity contribution is 0.333. The highest BCUT2D eigenvalue weighted by molar-refractivity contribution is 7.19. The summed E-state index contributed by atoms with van der Waals surface area (Å²) in [5.41, 5.74) is 5.31. The Kier molecular flexibility index (Phi) is 28.8. The molecule has 0 saturated heterocycles. The van der Waals surface area contributed by atoms with E-state index < -0.39 is 41.4 Å². The van der Waals surface area contributed by atoms with Gasteiger partial charge < -0.3 is 22.8 Å². The Morgan fingerprint density at radius 3 is 1.35 bits per heavy atom. The first-order chi connectivity index (χ1) is 24.2. The number of aliphatic hydroxyl groups is 1. The average molecular weight is 844 g/mol. The Bertz CT molecular complexity index is 1290. The van der Waals surface area contributed by atoms with E-state index in [4.69, 9.17) is 45.5 Å². The molecule has 0 heterocycles.